The van der Waals surface area contributed by atoms with Gasteiger partial charge in [0.1, 0.15) is 0 Å². The quantitative estimate of drug-likeness (QED) is 0.707. The molecule has 0 saturated heterocycles. The molecule has 15 heavy (non-hydrogen) atoms. The molecular formula is C12H18N2O. The molecule has 0 bridgehead atoms. The summed E-state index contributed by atoms with van der Waals surface area (Å²) >= 11 is 0. The lowest BCUT2D eigenvalue weighted by Crippen LogP contribution is -2.18. The number of carbonyl (C=O) groups excluding carboxylic acids is 1. The van der Waals surface area contributed by atoms with Crippen LogP contribution in [-0.4, -0.2) is 19.5 Å². The van der Waals surface area contributed by atoms with Crippen LogP contribution in [0.15, 0.2) is 24.3 Å². The molecule has 0 aromatic heterocycles. The maximum atomic E-state index is 11.3. The van der Waals surface area contributed by atoms with Crippen molar-refractivity contribution in [3.8, 4) is 0 Å². The molecule has 2 rings (SSSR count). The van der Waals surface area contributed by atoms with E-state index in [9.17, 15) is 4.79 Å². The molecule has 3 heteroatoms. The molecule has 0 atom stereocenters. The van der Waals surface area contributed by atoms with Crippen molar-refractivity contribution >= 4 is 17.3 Å². The zero-order valence-corrected chi connectivity index (χ0v) is 9.58. The number of para-hydroxylation sites is 2. The van der Waals surface area contributed by atoms with Crippen LogP contribution in [0.25, 0.3) is 0 Å². The number of fused-ring (bicyclic) bond motifs is 1. The summed E-state index contributed by atoms with van der Waals surface area (Å²) in [7, 11) is 2.00. The van der Waals surface area contributed by atoms with Crippen molar-refractivity contribution in [3.05, 3.63) is 24.3 Å². The minimum atomic E-state index is 0.0943. The maximum Gasteiger partial charge on any atom is 0.226 e. The van der Waals surface area contributed by atoms with E-state index in [2.05, 4.69) is 10.2 Å². The first-order valence-corrected chi connectivity index (χ1v) is 5.37. The number of amides is 1. The van der Waals surface area contributed by atoms with Crippen LogP contribution in [-0.2, 0) is 4.79 Å². The molecule has 82 valence electrons. The maximum absolute atomic E-state index is 11.3. The lowest BCUT2D eigenvalue weighted by molar-refractivity contribution is -0.115. The van der Waals surface area contributed by atoms with Gasteiger partial charge in [0.05, 0.1) is 11.4 Å². The molecule has 3 nitrogen and oxygen atoms in total. The van der Waals surface area contributed by atoms with Crippen molar-refractivity contribution in [3.63, 3.8) is 0 Å². The summed E-state index contributed by atoms with van der Waals surface area (Å²) in [6.07, 6.45) is 0.561. The Balaban J connectivity index is 0.000000531. The molecular weight excluding hydrogens is 188 g/mol. The van der Waals surface area contributed by atoms with Crippen LogP contribution in [0.5, 0.6) is 0 Å². The Morgan fingerprint density at radius 1 is 1.27 bits per heavy atom. The first-order valence-electron chi connectivity index (χ1n) is 5.37. The van der Waals surface area contributed by atoms with Gasteiger partial charge in [0.2, 0.25) is 5.91 Å². The van der Waals surface area contributed by atoms with E-state index in [0.29, 0.717) is 6.42 Å². The molecule has 1 aliphatic heterocycles. The third-order valence-corrected chi connectivity index (χ3v) is 2.26. The summed E-state index contributed by atoms with van der Waals surface area (Å²) < 4.78 is 0. The van der Waals surface area contributed by atoms with Crippen LogP contribution >= 0.6 is 0 Å². The van der Waals surface area contributed by atoms with Crippen molar-refractivity contribution in [1.29, 1.82) is 0 Å². The smallest absolute Gasteiger partial charge is 0.226 e. The standard InChI is InChI=1S/C10H12N2O.C2H6/c1-12-7-6-10(13)11-8-4-2-3-5-9(8)12;1-2/h2-5H,6-7H2,1H3,(H,11,13);1-2H3. The molecule has 1 heterocycles. The number of nitrogens with one attached hydrogen (secondary N) is 1. The van der Waals surface area contributed by atoms with Crippen molar-refractivity contribution in [2.24, 2.45) is 0 Å². The molecule has 1 aliphatic rings. The average molecular weight is 206 g/mol. The zero-order chi connectivity index (χ0) is 11.3. The summed E-state index contributed by atoms with van der Waals surface area (Å²) in [4.78, 5) is 13.3. The lowest BCUT2D eigenvalue weighted by Gasteiger charge is -2.17. The van der Waals surface area contributed by atoms with Crippen molar-refractivity contribution in [1.82, 2.24) is 0 Å². The molecule has 1 aromatic rings. The Kier molecular flexibility index (Phi) is 4.16. The first-order chi connectivity index (χ1) is 7.27. The summed E-state index contributed by atoms with van der Waals surface area (Å²) in [6.45, 7) is 4.78. The van der Waals surface area contributed by atoms with E-state index < -0.39 is 0 Å². The van der Waals surface area contributed by atoms with Crippen LogP contribution in [0.1, 0.15) is 20.3 Å². The highest BCUT2D eigenvalue weighted by Gasteiger charge is 2.14. The van der Waals surface area contributed by atoms with Crippen LogP contribution in [0.3, 0.4) is 0 Å². The van der Waals surface area contributed by atoms with Gasteiger partial charge in [0.25, 0.3) is 0 Å². The van der Waals surface area contributed by atoms with Crippen LogP contribution in [0.4, 0.5) is 11.4 Å². The number of benzene rings is 1. The molecule has 0 saturated carbocycles. The normalized spacial score (nSPS) is 14.3. The second kappa shape index (κ2) is 5.39. The van der Waals surface area contributed by atoms with Gasteiger partial charge in [0, 0.05) is 20.0 Å². The first kappa shape index (κ1) is 11.6. The SMILES string of the molecule is CC.CN1CCC(=O)Nc2ccccc21. The van der Waals surface area contributed by atoms with Crippen LogP contribution in [0, 0.1) is 0 Å². The largest absolute Gasteiger partial charge is 0.372 e. The Hall–Kier alpha value is -1.51. The van der Waals surface area contributed by atoms with E-state index in [-0.39, 0.29) is 5.91 Å². The van der Waals surface area contributed by atoms with Crippen molar-refractivity contribution in [2.75, 3.05) is 23.8 Å². The number of anilines is 2. The Morgan fingerprint density at radius 3 is 2.67 bits per heavy atom. The average Bonchev–Trinajstić information content (AvgIpc) is 2.42. The van der Waals surface area contributed by atoms with E-state index >= 15 is 0 Å². The summed E-state index contributed by atoms with van der Waals surface area (Å²) in [5.74, 6) is 0.0943. The van der Waals surface area contributed by atoms with Gasteiger partial charge in [-0.05, 0) is 12.1 Å². The molecule has 0 radical (unpaired) electrons. The van der Waals surface area contributed by atoms with Gasteiger partial charge < -0.3 is 10.2 Å². The fourth-order valence-corrected chi connectivity index (χ4v) is 1.51. The van der Waals surface area contributed by atoms with Crippen molar-refractivity contribution in [2.45, 2.75) is 20.3 Å². The third kappa shape index (κ3) is 2.72. The Bertz CT molecular complexity index is 336. The zero-order valence-electron chi connectivity index (χ0n) is 9.58. The van der Waals surface area contributed by atoms with E-state index in [4.69, 9.17) is 0 Å². The molecule has 0 fully saturated rings. The number of hydrogen-bond donors (Lipinski definition) is 1. The third-order valence-electron chi connectivity index (χ3n) is 2.26. The predicted molar refractivity (Wildman–Crippen MR) is 64.3 cm³/mol. The van der Waals surface area contributed by atoms with E-state index in [1.54, 1.807) is 0 Å². The number of hydrogen-bond acceptors (Lipinski definition) is 2. The molecule has 0 spiro atoms. The van der Waals surface area contributed by atoms with Gasteiger partial charge in [-0.15, -0.1) is 0 Å². The highest BCUT2D eigenvalue weighted by atomic mass is 16.1. The molecule has 0 unspecified atom stereocenters. The molecule has 1 N–H and O–H groups in total. The summed E-state index contributed by atoms with van der Waals surface area (Å²) in [5.41, 5.74) is 2.00. The van der Waals surface area contributed by atoms with Gasteiger partial charge >= 0.3 is 0 Å². The predicted octanol–water partition coefficient (Wildman–Crippen LogP) is 2.49. The second-order valence-corrected chi connectivity index (χ2v) is 3.24. The fraction of sp³-hybridized carbons (Fsp3) is 0.417. The molecule has 0 aliphatic carbocycles. The minimum absolute atomic E-state index is 0.0943. The fourth-order valence-electron chi connectivity index (χ4n) is 1.51. The molecule has 1 amide bonds. The van der Waals surface area contributed by atoms with E-state index in [1.165, 1.54) is 0 Å². The van der Waals surface area contributed by atoms with Gasteiger partial charge in [-0.25, -0.2) is 0 Å². The number of rotatable bonds is 0. The van der Waals surface area contributed by atoms with Crippen molar-refractivity contribution < 1.29 is 4.79 Å². The molecule has 1 aromatic carbocycles. The number of nitrogens with zero attached hydrogens (tertiary/aromatic N) is 1. The van der Waals surface area contributed by atoms with Gasteiger partial charge in [-0.1, -0.05) is 26.0 Å². The second-order valence-electron chi connectivity index (χ2n) is 3.24. The minimum Gasteiger partial charge on any atom is -0.372 e. The highest BCUT2D eigenvalue weighted by molar-refractivity contribution is 5.96. The van der Waals surface area contributed by atoms with E-state index in [1.807, 2.05) is 45.2 Å². The van der Waals surface area contributed by atoms with Crippen LogP contribution < -0.4 is 10.2 Å². The van der Waals surface area contributed by atoms with E-state index in [0.717, 1.165) is 17.9 Å². The summed E-state index contributed by atoms with van der Waals surface area (Å²) in [6, 6.07) is 7.85. The monoisotopic (exact) mass is 206 g/mol. The highest BCUT2D eigenvalue weighted by Crippen LogP contribution is 2.26. The Morgan fingerprint density at radius 2 is 1.93 bits per heavy atom. The Labute approximate surface area is 91.1 Å². The van der Waals surface area contributed by atoms with Gasteiger partial charge in [-0.3, -0.25) is 4.79 Å². The topological polar surface area (TPSA) is 32.3 Å². The lowest BCUT2D eigenvalue weighted by atomic mass is 10.2. The van der Waals surface area contributed by atoms with Gasteiger partial charge in [0.15, 0.2) is 0 Å². The summed E-state index contributed by atoms with van der Waals surface area (Å²) in [5, 5.41) is 2.87. The number of carbonyl (C=O) groups is 1. The van der Waals surface area contributed by atoms with Gasteiger partial charge in [-0.2, -0.15) is 0 Å². The van der Waals surface area contributed by atoms with Crippen LogP contribution in [0.2, 0.25) is 0 Å².